The highest BCUT2D eigenvalue weighted by Gasteiger charge is 2.31. The topological polar surface area (TPSA) is 96.0 Å². The van der Waals surface area contributed by atoms with Crippen molar-refractivity contribution in [3.63, 3.8) is 0 Å². The molecular weight excluding hydrogens is 478 g/mol. The lowest BCUT2D eigenvalue weighted by Gasteiger charge is -2.33. The molecule has 0 bridgehead atoms. The van der Waals surface area contributed by atoms with Crippen molar-refractivity contribution in [2.45, 2.75) is 59.0 Å². The maximum absolute atomic E-state index is 13.7. The smallest absolute Gasteiger partial charge is 0.244 e. The van der Waals surface area contributed by atoms with Crippen LogP contribution in [0.1, 0.15) is 57.6 Å². The fourth-order valence-corrected chi connectivity index (χ4v) is 4.70. The number of methoxy groups -OCH3 is 1. The number of ether oxygens (including phenoxy) is 1. The molecule has 2 aromatic carbocycles. The summed E-state index contributed by atoms with van der Waals surface area (Å²) >= 11 is 0. The van der Waals surface area contributed by atoms with Gasteiger partial charge >= 0.3 is 0 Å². The summed E-state index contributed by atoms with van der Waals surface area (Å²) in [4.78, 5) is 28.1. The van der Waals surface area contributed by atoms with Gasteiger partial charge in [-0.25, -0.2) is 8.42 Å². The van der Waals surface area contributed by atoms with Gasteiger partial charge in [-0.15, -0.1) is 0 Å². The Morgan fingerprint density at radius 3 is 2.08 bits per heavy atom. The largest absolute Gasteiger partial charge is 0.497 e. The lowest BCUT2D eigenvalue weighted by atomic mass is 10.0. The van der Waals surface area contributed by atoms with Gasteiger partial charge in [0.05, 0.1) is 19.1 Å². The van der Waals surface area contributed by atoms with E-state index >= 15 is 0 Å². The highest BCUT2D eigenvalue weighted by Crippen LogP contribution is 2.23. The number of nitrogens with one attached hydrogen (secondary N) is 1. The van der Waals surface area contributed by atoms with Crippen LogP contribution < -0.4 is 14.4 Å². The standard InChI is InChI=1S/C27H39N3O5S/c1-7-17-28-27(32)25(8-2)29(18-21-9-15-24(35-5)16-10-21)26(31)19-30(36(6,33)34)23-13-11-22(12-14-23)20(3)4/h9-16,20,25H,7-8,17-19H2,1-6H3,(H,28,32). The van der Waals surface area contributed by atoms with Gasteiger partial charge in [0.1, 0.15) is 18.3 Å². The minimum absolute atomic E-state index is 0.158. The molecule has 0 aliphatic heterocycles. The van der Waals surface area contributed by atoms with E-state index < -0.39 is 28.5 Å². The number of benzene rings is 2. The Labute approximate surface area is 215 Å². The average molecular weight is 518 g/mol. The van der Waals surface area contributed by atoms with Crippen molar-refractivity contribution in [3.05, 3.63) is 59.7 Å². The molecule has 2 amide bonds. The van der Waals surface area contributed by atoms with Crippen molar-refractivity contribution in [3.8, 4) is 5.75 Å². The third kappa shape index (κ3) is 7.98. The maximum atomic E-state index is 13.7. The van der Waals surface area contributed by atoms with E-state index in [2.05, 4.69) is 19.2 Å². The minimum atomic E-state index is -3.76. The zero-order valence-corrected chi connectivity index (χ0v) is 23.0. The molecule has 8 nitrogen and oxygen atoms in total. The van der Waals surface area contributed by atoms with Gasteiger partial charge in [-0.1, -0.05) is 52.0 Å². The van der Waals surface area contributed by atoms with Crippen LogP contribution in [0.5, 0.6) is 5.75 Å². The molecule has 0 radical (unpaired) electrons. The van der Waals surface area contributed by atoms with Crippen molar-refractivity contribution in [2.75, 3.05) is 30.8 Å². The van der Waals surface area contributed by atoms with E-state index in [0.29, 0.717) is 30.3 Å². The first-order valence-corrected chi connectivity index (χ1v) is 14.1. The van der Waals surface area contributed by atoms with Crippen molar-refractivity contribution in [1.29, 1.82) is 0 Å². The van der Waals surface area contributed by atoms with Crippen molar-refractivity contribution in [1.82, 2.24) is 10.2 Å². The molecular formula is C27H39N3O5S. The van der Waals surface area contributed by atoms with Crippen LogP contribution in [0, 0.1) is 0 Å². The Balaban J connectivity index is 2.41. The molecule has 0 saturated heterocycles. The summed E-state index contributed by atoms with van der Waals surface area (Å²) in [7, 11) is -2.19. The predicted molar refractivity (Wildman–Crippen MR) is 144 cm³/mol. The first kappa shape index (κ1) is 29.2. The third-order valence-electron chi connectivity index (χ3n) is 5.97. The van der Waals surface area contributed by atoms with Gasteiger partial charge in [0.2, 0.25) is 21.8 Å². The Morgan fingerprint density at radius 1 is 1.00 bits per heavy atom. The van der Waals surface area contributed by atoms with Crippen LogP contribution in [-0.2, 0) is 26.2 Å². The van der Waals surface area contributed by atoms with Crippen molar-refractivity contribution < 1.29 is 22.7 Å². The second-order valence-electron chi connectivity index (χ2n) is 9.10. The number of nitrogens with zero attached hydrogens (tertiary/aromatic N) is 2. The monoisotopic (exact) mass is 517 g/mol. The van der Waals surface area contributed by atoms with Crippen LogP contribution in [0.2, 0.25) is 0 Å². The maximum Gasteiger partial charge on any atom is 0.244 e. The van der Waals surface area contributed by atoms with E-state index in [0.717, 1.165) is 28.1 Å². The normalized spacial score (nSPS) is 12.2. The summed E-state index contributed by atoms with van der Waals surface area (Å²) in [6.07, 6.45) is 2.23. The summed E-state index contributed by atoms with van der Waals surface area (Å²) in [6.45, 7) is 8.15. The molecule has 2 aromatic rings. The molecule has 0 saturated carbocycles. The first-order chi connectivity index (χ1) is 17.0. The zero-order valence-electron chi connectivity index (χ0n) is 22.2. The Bertz CT molecular complexity index is 1100. The first-order valence-electron chi connectivity index (χ1n) is 12.3. The zero-order chi connectivity index (χ0) is 26.9. The number of rotatable bonds is 13. The number of carbonyl (C=O) groups excluding carboxylic acids is 2. The van der Waals surface area contributed by atoms with E-state index in [1.807, 2.05) is 38.1 Å². The number of sulfonamides is 1. The van der Waals surface area contributed by atoms with E-state index in [4.69, 9.17) is 4.74 Å². The molecule has 0 spiro atoms. The van der Waals surface area contributed by atoms with Gasteiger partial charge in [-0.2, -0.15) is 0 Å². The molecule has 2 rings (SSSR count). The number of carbonyl (C=O) groups is 2. The van der Waals surface area contributed by atoms with Crippen LogP contribution in [0.3, 0.4) is 0 Å². The molecule has 36 heavy (non-hydrogen) atoms. The number of hydrogen-bond acceptors (Lipinski definition) is 5. The Morgan fingerprint density at radius 2 is 1.61 bits per heavy atom. The highest BCUT2D eigenvalue weighted by atomic mass is 32.2. The van der Waals surface area contributed by atoms with Gasteiger partial charge in [-0.05, 0) is 54.2 Å². The van der Waals surface area contributed by atoms with E-state index in [9.17, 15) is 18.0 Å². The highest BCUT2D eigenvalue weighted by molar-refractivity contribution is 7.92. The number of anilines is 1. The van der Waals surface area contributed by atoms with Crippen LogP contribution in [0.25, 0.3) is 0 Å². The molecule has 0 aliphatic carbocycles. The van der Waals surface area contributed by atoms with E-state index in [1.54, 1.807) is 31.4 Å². The number of hydrogen-bond donors (Lipinski definition) is 1. The second-order valence-corrected chi connectivity index (χ2v) is 11.0. The average Bonchev–Trinajstić information content (AvgIpc) is 2.85. The summed E-state index contributed by atoms with van der Waals surface area (Å²) in [5.41, 5.74) is 2.28. The Hall–Kier alpha value is -3.07. The van der Waals surface area contributed by atoms with Gasteiger partial charge < -0.3 is 15.0 Å². The fourth-order valence-electron chi connectivity index (χ4n) is 3.85. The van der Waals surface area contributed by atoms with Crippen molar-refractivity contribution >= 4 is 27.5 Å². The molecule has 1 N–H and O–H groups in total. The lowest BCUT2D eigenvalue weighted by Crippen LogP contribution is -2.52. The fraction of sp³-hybridized carbons (Fsp3) is 0.481. The van der Waals surface area contributed by atoms with Gasteiger partial charge in [0.15, 0.2) is 0 Å². The quantitative estimate of drug-likeness (QED) is 0.435. The summed E-state index contributed by atoms with van der Waals surface area (Å²) < 4.78 is 31.7. The lowest BCUT2D eigenvalue weighted by molar-refractivity contribution is -0.140. The van der Waals surface area contributed by atoms with Crippen LogP contribution in [0.15, 0.2) is 48.5 Å². The molecule has 0 aromatic heterocycles. The SMILES string of the molecule is CCCNC(=O)C(CC)N(Cc1ccc(OC)cc1)C(=O)CN(c1ccc(C(C)C)cc1)S(C)(=O)=O. The van der Waals surface area contributed by atoms with E-state index in [-0.39, 0.29) is 12.5 Å². The predicted octanol–water partition coefficient (Wildman–Crippen LogP) is 3.92. The summed E-state index contributed by atoms with van der Waals surface area (Å²) in [5.74, 6) is 0.257. The molecule has 1 unspecified atom stereocenters. The molecule has 0 fully saturated rings. The van der Waals surface area contributed by atoms with Crippen LogP contribution in [0.4, 0.5) is 5.69 Å². The van der Waals surface area contributed by atoms with E-state index in [1.165, 1.54) is 4.90 Å². The van der Waals surface area contributed by atoms with Gasteiger partial charge in [0, 0.05) is 13.1 Å². The summed E-state index contributed by atoms with van der Waals surface area (Å²) in [5, 5.41) is 2.87. The summed E-state index contributed by atoms with van der Waals surface area (Å²) in [6, 6.07) is 13.6. The molecule has 9 heteroatoms. The molecule has 198 valence electrons. The van der Waals surface area contributed by atoms with Crippen LogP contribution in [-0.4, -0.2) is 57.6 Å². The molecule has 0 heterocycles. The minimum Gasteiger partial charge on any atom is -0.497 e. The third-order valence-corrected chi connectivity index (χ3v) is 7.11. The Kier molecular flexibility index (Phi) is 10.8. The second kappa shape index (κ2) is 13.3. The van der Waals surface area contributed by atoms with Crippen LogP contribution >= 0.6 is 0 Å². The van der Waals surface area contributed by atoms with Gasteiger partial charge in [-0.3, -0.25) is 13.9 Å². The van der Waals surface area contributed by atoms with Crippen molar-refractivity contribution in [2.24, 2.45) is 0 Å². The molecule has 1 atom stereocenters. The van der Waals surface area contributed by atoms with Gasteiger partial charge in [0.25, 0.3) is 0 Å². The number of amides is 2. The molecule has 0 aliphatic rings.